The van der Waals surface area contributed by atoms with Gasteiger partial charge in [0.1, 0.15) is 11.5 Å². The zero-order chi connectivity index (χ0) is 14.6. The molecule has 2 aromatic carbocycles. The van der Waals surface area contributed by atoms with E-state index in [2.05, 4.69) is 0 Å². The molecule has 106 valence electrons. The van der Waals surface area contributed by atoms with Gasteiger partial charge in [0.2, 0.25) is 5.91 Å². The molecule has 1 amide bonds. The molecule has 2 aromatic rings. The maximum absolute atomic E-state index is 12.6. The normalized spacial score (nSPS) is 23.0. The van der Waals surface area contributed by atoms with Crippen LogP contribution < -0.4 is 4.74 Å². The van der Waals surface area contributed by atoms with Gasteiger partial charge in [-0.05, 0) is 24.3 Å². The van der Waals surface area contributed by atoms with E-state index >= 15 is 0 Å². The fourth-order valence-corrected chi connectivity index (χ4v) is 3.56. The summed E-state index contributed by atoms with van der Waals surface area (Å²) in [6.07, 6.45) is 0. The molecule has 0 aliphatic carbocycles. The molecular formula is C17H14ClNO2. The van der Waals surface area contributed by atoms with Crippen molar-refractivity contribution in [2.45, 2.75) is 11.8 Å². The molecule has 2 aliphatic heterocycles. The average molecular weight is 300 g/mol. The summed E-state index contributed by atoms with van der Waals surface area (Å²) in [5, 5.41) is 0.629. The number of hydrogen-bond donors (Lipinski definition) is 0. The van der Waals surface area contributed by atoms with Gasteiger partial charge in [-0.1, -0.05) is 29.8 Å². The standard InChI is InChI=1S/C17H14ClNO2/c1-19-9-13-11-4-2-3-5-14(11)21-15-7-6-10(18)8-12(15)16(13)17(19)20/h2-8,13,16H,9H2,1H3/t13-,16-/m1/s1. The minimum absolute atomic E-state index is 0.110. The summed E-state index contributed by atoms with van der Waals surface area (Å²) in [5.41, 5.74) is 1.98. The second kappa shape index (κ2) is 4.50. The van der Waals surface area contributed by atoms with Gasteiger partial charge in [-0.3, -0.25) is 4.79 Å². The molecule has 0 saturated carbocycles. The molecule has 0 N–H and O–H groups in total. The van der Waals surface area contributed by atoms with Gasteiger partial charge in [0, 0.05) is 35.7 Å². The van der Waals surface area contributed by atoms with Crippen LogP contribution in [0.2, 0.25) is 5.02 Å². The van der Waals surface area contributed by atoms with Crippen LogP contribution in [0.15, 0.2) is 42.5 Å². The zero-order valence-corrected chi connectivity index (χ0v) is 12.3. The number of rotatable bonds is 0. The van der Waals surface area contributed by atoms with E-state index in [-0.39, 0.29) is 17.7 Å². The molecule has 0 unspecified atom stereocenters. The molecule has 2 aliphatic rings. The third kappa shape index (κ3) is 1.84. The summed E-state index contributed by atoms with van der Waals surface area (Å²) in [6, 6.07) is 13.5. The van der Waals surface area contributed by atoms with Crippen molar-refractivity contribution < 1.29 is 9.53 Å². The van der Waals surface area contributed by atoms with Crippen molar-refractivity contribution in [2.24, 2.45) is 0 Å². The summed E-state index contributed by atoms with van der Waals surface area (Å²) in [6.45, 7) is 0.704. The maximum Gasteiger partial charge on any atom is 0.230 e. The van der Waals surface area contributed by atoms with E-state index in [4.69, 9.17) is 16.3 Å². The van der Waals surface area contributed by atoms with Crippen molar-refractivity contribution in [3.63, 3.8) is 0 Å². The Morgan fingerprint density at radius 1 is 1.14 bits per heavy atom. The number of amides is 1. The number of likely N-dealkylation sites (tertiary alicyclic amines) is 1. The van der Waals surface area contributed by atoms with Crippen LogP contribution in [0.25, 0.3) is 0 Å². The molecule has 0 spiro atoms. The quantitative estimate of drug-likeness (QED) is 0.741. The first-order valence-electron chi connectivity index (χ1n) is 6.96. The van der Waals surface area contributed by atoms with E-state index in [1.54, 1.807) is 11.0 Å². The first-order valence-corrected chi connectivity index (χ1v) is 7.34. The molecule has 3 nitrogen and oxygen atoms in total. The highest BCUT2D eigenvalue weighted by Gasteiger charge is 2.44. The Balaban J connectivity index is 1.98. The molecule has 0 bridgehead atoms. The van der Waals surface area contributed by atoms with Crippen LogP contribution in [0, 0.1) is 0 Å². The smallest absolute Gasteiger partial charge is 0.230 e. The number of para-hydroxylation sites is 1. The van der Waals surface area contributed by atoms with E-state index in [0.29, 0.717) is 11.6 Å². The molecule has 1 fully saturated rings. The van der Waals surface area contributed by atoms with Gasteiger partial charge in [0.05, 0.1) is 5.92 Å². The van der Waals surface area contributed by atoms with Crippen LogP contribution in [0.5, 0.6) is 11.5 Å². The number of halogens is 1. The highest BCUT2D eigenvalue weighted by atomic mass is 35.5. The largest absolute Gasteiger partial charge is 0.457 e. The Labute approximate surface area is 128 Å². The predicted octanol–water partition coefficient (Wildman–Crippen LogP) is 3.79. The van der Waals surface area contributed by atoms with Crippen molar-refractivity contribution in [3.8, 4) is 11.5 Å². The van der Waals surface area contributed by atoms with Crippen LogP contribution >= 0.6 is 11.6 Å². The van der Waals surface area contributed by atoms with Gasteiger partial charge in [-0.2, -0.15) is 0 Å². The van der Waals surface area contributed by atoms with Crippen LogP contribution in [0.1, 0.15) is 23.0 Å². The Morgan fingerprint density at radius 2 is 1.90 bits per heavy atom. The summed E-state index contributed by atoms with van der Waals surface area (Å²) in [5.74, 6) is 1.58. The molecule has 0 aromatic heterocycles. The van der Waals surface area contributed by atoms with Crippen LogP contribution in [-0.2, 0) is 4.79 Å². The first kappa shape index (κ1) is 12.7. The summed E-state index contributed by atoms with van der Waals surface area (Å²) >= 11 is 6.14. The van der Waals surface area contributed by atoms with E-state index < -0.39 is 0 Å². The number of ether oxygens (including phenoxy) is 1. The van der Waals surface area contributed by atoms with Gasteiger partial charge in [0.25, 0.3) is 0 Å². The Bertz CT molecular complexity index is 743. The van der Waals surface area contributed by atoms with Gasteiger partial charge < -0.3 is 9.64 Å². The Hall–Kier alpha value is -2.00. The van der Waals surface area contributed by atoms with Gasteiger partial charge in [-0.15, -0.1) is 0 Å². The molecule has 4 rings (SSSR count). The number of likely N-dealkylation sites (N-methyl/N-ethyl adjacent to an activating group) is 1. The molecule has 4 heteroatoms. The second-order valence-electron chi connectivity index (χ2n) is 5.62. The van der Waals surface area contributed by atoms with E-state index in [1.807, 2.05) is 43.4 Å². The van der Waals surface area contributed by atoms with Crippen molar-refractivity contribution in [3.05, 3.63) is 58.6 Å². The van der Waals surface area contributed by atoms with Crippen molar-refractivity contribution >= 4 is 17.5 Å². The number of hydrogen-bond acceptors (Lipinski definition) is 2. The monoisotopic (exact) mass is 299 g/mol. The predicted molar refractivity (Wildman–Crippen MR) is 81.1 cm³/mol. The highest BCUT2D eigenvalue weighted by Crippen LogP contribution is 2.50. The number of nitrogens with zero attached hydrogens (tertiary/aromatic N) is 1. The fraction of sp³-hybridized carbons (Fsp3) is 0.235. The van der Waals surface area contributed by atoms with Gasteiger partial charge in [0.15, 0.2) is 0 Å². The lowest BCUT2D eigenvalue weighted by Gasteiger charge is -2.15. The lowest BCUT2D eigenvalue weighted by Crippen LogP contribution is -2.21. The van der Waals surface area contributed by atoms with E-state index in [0.717, 1.165) is 22.6 Å². The molecular weight excluding hydrogens is 286 g/mol. The first-order chi connectivity index (χ1) is 10.1. The van der Waals surface area contributed by atoms with Gasteiger partial charge in [-0.25, -0.2) is 0 Å². The van der Waals surface area contributed by atoms with E-state index in [1.165, 1.54) is 0 Å². The maximum atomic E-state index is 12.6. The number of fused-ring (bicyclic) bond motifs is 5. The SMILES string of the molecule is CN1C[C@@H]2c3ccccc3Oc3ccc(Cl)cc3[C@H]2C1=O. The molecule has 0 radical (unpaired) electrons. The van der Waals surface area contributed by atoms with Crippen LogP contribution in [0.3, 0.4) is 0 Å². The second-order valence-corrected chi connectivity index (χ2v) is 6.06. The fourth-order valence-electron chi connectivity index (χ4n) is 3.38. The molecule has 1 saturated heterocycles. The Morgan fingerprint density at radius 3 is 2.76 bits per heavy atom. The summed E-state index contributed by atoms with van der Waals surface area (Å²) in [7, 11) is 1.85. The topological polar surface area (TPSA) is 29.5 Å². The lowest BCUT2D eigenvalue weighted by atomic mass is 9.84. The Kier molecular flexibility index (Phi) is 2.73. The highest BCUT2D eigenvalue weighted by molar-refractivity contribution is 6.30. The lowest BCUT2D eigenvalue weighted by molar-refractivity contribution is -0.127. The number of benzene rings is 2. The van der Waals surface area contributed by atoms with Crippen LogP contribution in [-0.4, -0.2) is 24.4 Å². The molecule has 21 heavy (non-hydrogen) atoms. The molecule has 2 heterocycles. The minimum Gasteiger partial charge on any atom is -0.457 e. The zero-order valence-electron chi connectivity index (χ0n) is 11.5. The summed E-state index contributed by atoms with van der Waals surface area (Å²) < 4.78 is 6.05. The van der Waals surface area contributed by atoms with Crippen molar-refractivity contribution in [1.82, 2.24) is 4.90 Å². The van der Waals surface area contributed by atoms with Gasteiger partial charge >= 0.3 is 0 Å². The van der Waals surface area contributed by atoms with Crippen molar-refractivity contribution in [2.75, 3.05) is 13.6 Å². The summed E-state index contributed by atoms with van der Waals surface area (Å²) in [4.78, 5) is 14.4. The third-order valence-electron chi connectivity index (χ3n) is 4.36. The van der Waals surface area contributed by atoms with Crippen molar-refractivity contribution in [1.29, 1.82) is 0 Å². The minimum atomic E-state index is -0.215. The van der Waals surface area contributed by atoms with E-state index in [9.17, 15) is 4.79 Å². The van der Waals surface area contributed by atoms with Crippen LogP contribution in [0.4, 0.5) is 0 Å². The number of carbonyl (C=O) groups is 1. The average Bonchev–Trinajstić information content (AvgIpc) is 2.70. The third-order valence-corrected chi connectivity index (χ3v) is 4.60. The molecule has 2 atom stereocenters. The number of carbonyl (C=O) groups excluding carboxylic acids is 1.